The van der Waals surface area contributed by atoms with Crippen molar-refractivity contribution in [3.8, 4) is 0 Å². The van der Waals surface area contributed by atoms with Crippen LogP contribution in [0.1, 0.15) is 31.2 Å². The standard InChI is InChI=1S/C20H28N2O4/c23-19(26-15-17-9-5-13-25-17)14-18-20(24)22(12-10-21-18)11-4-8-16-6-2-1-3-7-16/h1-3,6-7,17-18,21H,4-5,8-15H2. The highest BCUT2D eigenvalue weighted by Crippen LogP contribution is 2.13. The van der Waals surface area contributed by atoms with Crippen LogP contribution in [0.3, 0.4) is 0 Å². The number of piperazine rings is 1. The molecule has 1 aromatic rings. The second-order valence-electron chi connectivity index (χ2n) is 6.94. The van der Waals surface area contributed by atoms with E-state index >= 15 is 0 Å². The smallest absolute Gasteiger partial charge is 0.308 e. The minimum Gasteiger partial charge on any atom is -0.463 e. The summed E-state index contributed by atoms with van der Waals surface area (Å²) >= 11 is 0. The zero-order valence-electron chi connectivity index (χ0n) is 15.2. The summed E-state index contributed by atoms with van der Waals surface area (Å²) in [7, 11) is 0. The van der Waals surface area contributed by atoms with Gasteiger partial charge in [0.25, 0.3) is 0 Å². The van der Waals surface area contributed by atoms with Gasteiger partial charge in [0.05, 0.1) is 18.6 Å². The van der Waals surface area contributed by atoms with E-state index in [9.17, 15) is 9.59 Å². The quantitative estimate of drug-likeness (QED) is 0.712. The molecule has 3 rings (SSSR count). The Morgan fingerprint density at radius 3 is 2.92 bits per heavy atom. The summed E-state index contributed by atoms with van der Waals surface area (Å²) in [6.45, 7) is 3.15. The molecule has 2 heterocycles. The number of rotatable bonds is 8. The highest BCUT2D eigenvalue weighted by Gasteiger charge is 2.30. The third-order valence-corrected chi connectivity index (χ3v) is 4.94. The summed E-state index contributed by atoms with van der Waals surface area (Å²) in [5.41, 5.74) is 1.28. The van der Waals surface area contributed by atoms with Gasteiger partial charge in [0.15, 0.2) is 0 Å². The predicted molar refractivity (Wildman–Crippen MR) is 97.7 cm³/mol. The molecule has 2 unspecified atom stereocenters. The number of nitrogens with one attached hydrogen (secondary N) is 1. The van der Waals surface area contributed by atoms with Crippen LogP contribution in [0.25, 0.3) is 0 Å². The Kier molecular flexibility index (Phi) is 7.03. The lowest BCUT2D eigenvalue weighted by atomic mass is 10.1. The van der Waals surface area contributed by atoms with Gasteiger partial charge in [-0.2, -0.15) is 0 Å². The number of esters is 1. The molecule has 1 amide bonds. The van der Waals surface area contributed by atoms with Crippen molar-refractivity contribution in [1.82, 2.24) is 10.2 Å². The van der Waals surface area contributed by atoms with Gasteiger partial charge in [0, 0.05) is 26.2 Å². The third kappa shape index (κ3) is 5.54. The molecular weight excluding hydrogens is 332 g/mol. The van der Waals surface area contributed by atoms with Crippen molar-refractivity contribution in [3.63, 3.8) is 0 Å². The van der Waals surface area contributed by atoms with Gasteiger partial charge in [0.1, 0.15) is 6.61 Å². The number of ether oxygens (including phenoxy) is 2. The first kappa shape index (κ1) is 18.9. The number of amides is 1. The van der Waals surface area contributed by atoms with Crippen LogP contribution in [0, 0.1) is 0 Å². The minimum absolute atomic E-state index is 0.00150. The average Bonchev–Trinajstić information content (AvgIpc) is 3.17. The second-order valence-corrected chi connectivity index (χ2v) is 6.94. The number of hydrogen-bond donors (Lipinski definition) is 1. The summed E-state index contributed by atoms with van der Waals surface area (Å²) in [4.78, 5) is 26.5. The van der Waals surface area contributed by atoms with Crippen LogP contribution in [0.2, 0.25) is 0 Å². The van der Waals surface area contributed by atoms with Gasteiger partial charge < -0.3 is 19.7 Å². The molecule has 6 heteroatoms. The van der Waals surface area contributed by atoms with E-state index in [1.54, 1.807) is 0 Å². The maximum atomic E-state index is 12.6. The molecule has 0 aliphatic carbocycles. The molecule has 0 spiro atoms. The summed E-state index contributed by atoms with van der Waals surface area (Å²) < 4.78 is 10.7. The topological polar surface area (TPSA) is 67.9 Å². The molecule has 26 heavy (non-hydrogen) atoms. The van der Waals surface area contributed by atoms with Gasteiger partial charge in [-0.15, -0.1) is 0 Å². The molecule has 0 saturated carbocycles. The fourth-order valence-corrected chi connectivity index (χ4v) is 3.48. The SMILES string of the molecule is O=C(CC1NCCN(CCCc2ccccc2)C1=O)OCC1CCCO1. The molecule has 2 fully saturated rings. The molecule has 0 radical (unpaired) electrons. The van der Waals surface area contributed by atoms with Crippen LogP contribution < -0.4 is 5.32 Å². The van der Waals surface area contributed by atoms with Crippen LogP contribution in [-0.4, -0.2) is 61.8 Å². The Labute approximate surface area is 154 Å². The van der Waals surface area contributed by atoms with Crippen LogP contribution in [0.4, 0.5) is 0 Å². The molecule has 2 aliphatic heterocycles. The number of carbonyl (C=O) groups is 2. The first-order chi connectivity index (χ1) is 12.7. The van der Waals surface area contributed by atoms with E-state index in [2.05, 4.69) is 17.4 Å². The highest BCUT2D eigenvalue weighted by atomic mass is 16.6. The Balaban J connectivity index is 1.39. The molecule has 0 aromatic heterocycles. The largest absolute Gasteiger partial charge is 0.463 e. The summed E-state index contributed by atoms with van der Waals surface area (Å²) in [5.74, 6) is -0.337. The molecule has 142 valence electrons. The van der Waals surface area contributed by atoms with Crippen LogP contribution >= 0.6 is 0 Å². The van der Waals surface area contributed by atoms with Gasteiger partial charge in [-0.05, 0) is 31.2 Å². The van der Waals surface area contributed by atoms with E-state index < -0.39 is 6.04 Å². The molecule has 2 saturated heterocycles. The van der Waals surface area contributed by atoms with Gasteiger partial charge in [-0.25, -0.2) is 0 Å². The number of benzene rings is 1. The maximum absolute atomic E-state index is 12.6. The van der Waals surface area contributed by atoms with Crippen LogP contribution in [-0.2, 0) is 25.5 Å². The second kappa shape index (κ2) is 9.69. The van der Waals surface area contributed by atoms with E-state index in [-0.39, 0.29) is 24.4 Å². The van der Waals surface area contributed by atoms with E-state index in [0.29, 0.717) is 19.7 Å². The number of carbonyl (C=O) groups excluding carboxylic acids is 2. The zero-order chi connectivity index (χ0) is 18.2. The van der Waals surface area contributed by atoms with Crippen molar-refractivity contribution in [2.24, 2.45) is 0 Å². The third-order valence-electron chi connectivity index (χ3n) is 4.94. The lowest BCUT2D eigenvalue weighted by Gasteiger charge is -2.33. The lowest BCUT2D eigenvalue weighted by Crippen LogP contribution is -2.55. The number of hydrogen-bond acceptors (Lipinski definition) is 5. The van der Waals surface area contributed by atoms with E-state index in [1.807, 2.05) is 23.1 Å². The molecule has 6 nitrogen and oxygen atoms in total. The Hall–Kier alpha value is -1.92. The van der Waals surface area contributed by atoms with Crippen molar-refractivity contribution >= 4 is 11.9 Å². The monoisotopic (exact) mass is 360 g/mol. The summed E-state index contributed by atoms with van der Waals surface area (Å²) in [5, 5.41) is 3.14. The number of nitrogens with zero attached hydrogens (tertiary/aromatic N) is 1. The van der Waals surface area contributed by atoms with Crippen LogP contribution in [0.5, 0.6) is 0 Å². The zero-order valence-corrected chi connectivity index (χ0v) is 15.2. The Bertz CT molecular complexity index is 587. The van der Waals surface area contributed by atoms with E-state index in [1.165, 1.54) is 5.56 Å². The molecular formula is C20H28N2O4. The van der Waals surface area contributed by atoms with E-state index in [0.717, 1.165) is 38.8 Å². The first-order valence-corrected chi connectivity index (χ1v) is 9.55. The molecule has 2 aliphatic rings. The highest BCUT2D eigenvalue weighted by molar-refractivity contribution is 5.87. The Morgan fingerprint density at radius 1 is 1.31 bits per heavy atom. The van der Waals surface area contributed by atoms with Crippen molar-refractivity contribution in [1.29, 1.82) is 0 Å². The molecule has 2 atom stereocenters. The normalized spacial score (nSPS) is 23.2. The van der Waals surface area contributed by atoms with Gasteiger partial charge in [-0.1, -0.05) is 30.3 Å². The predicted octanol–water partition coefficient (Wildman–Crippen LogP) is 1.53. The van der Waals surface area contributed by atoms with Crippen molar-refractivity contribution in [3.05, 3.63) is 35.9 Å². The van der Waals surface area contributed by atoms with Crippen molar-refractivity contribution in [2.75, 3.05) is 32.8 Å². The lowest BCUT2D eigenvalue weighted by molar-refractivity contribution is -0.151. The van der Waals surface area contributed by atoms with Crippen molar-refractivity contribution in [2.45, 2.75) is 44.2 Å². The average molecular weight is 360 g/mol. The van der Waals surface area contributed by atoms with Gasteiger partial charge in [-0.3, -0.25) is 9.59 Å². The van der Waals surface area contributed by atoms with Gasteiger partial charge >= 0.3 is 5.97 Å². The van der Waals surface area contributed by atoms with Crippen molar-refractivity contribution < 1.29 is 19.1 Å². The molecule has 0 bridgehead atoms. The maximum Gasteiger partial charge on any atom is 0.308 e. The fraction of sp³-hybridized carbons (Fsp3) is 0.600. The summed E-state index contributed by atoms with van der Waals surface area (Å²) in [6.07, 6.45) is 3.92. The minimum atomic E-state index is -0.475. The first-order valence-electron chi connectivity index (χ1n) is 9.55. The fourth-order valence-electron chi connectivity index (χ4n) is 3.48. The Morgan fingerprint density at radius 2 is 2.15 bits per heavy atom. The molecule has 1 aromatic carbocycles. The number of aryl methyl sites for hydroxylation is 1. The van der Waals surface area contributed by atoms with Gasteiger partial charge in [0.2, 0.25) is 5.91 Å². The molecule has 1 N–H and O–H groups in total. The van der Waals surface area contributed by atoms with E-state index in [4.69, 9.17) is 9.47 Å². The van der Waals surface area contributed by atoms with Crippen LogP contribution in [0.15, 0.2) is 30.3 Å². The summed E-state index contributed by atoms with van der Waals surface area (Å²) in [6, 6.07) is 9.80.